The van der Waals surface area contributed by atoms with Gasteiger partial charge in [0.25, 0.3) is 5.91 Å². The van der Waals surface area contributed by atoms with Crippen molar-refractivity contribution in [2.24, 2.45) is 0 Å². The molecule has 0 bridgehead atoms. The van der Waals surface area contributed by atoms with E-state index in [9.17, 15) is 23.1 Å². The largest absolute Gasteiger partial charge is 0.507 e. The molecule has 1 amide bonds. The van der Waals surface area contributed by atoms with Crippen molar-refractivity contribution in [1.82, 2.24) is 4.31 Å². The fraction of sp³-hybridized carbons (Fsp3) is 0.333. The SMILES string of the molecule is O=C(COC(=O)c1cc(S(=O)(=O)N2CCOCC2)ccc1O)Nc1ccc2c(c1)OCCO2. The van der Waals surface area contributed by atoms with Crippen molar-refractivity contribution in [3.05, 3.63) is 42.0 Å². The number of hydrogen-bond donors (Lipinski definition) is 2. The molecule has 2 heterocycles. The maximum Gasteiger partial charge on any atom is 0.342 e. The third kappa shape index (κ3) is 5.18. The molecule has 0 aliphatic carbocycles. The smallest absolute Gasteiger partial charge is 0.342 e. The number of hydrogen-bond acceptors (Lipinski definition) is 9. The van der Waals surface area contributed by atoms with Crippen LogP contribution >= 0.6 is 0 Å². The Morgan fingerprint density at radius 1 is 1.00 bits per heavy atom. The maximum atomic E-state index is 12.8. The normalized spacial score (nSPS) is 16.1. The molecule has 0 atom stereocenters. The Hall–Kier alpha value is -3.35. The lowest BCUT2D eigenvalue weighted by molar-refractivity contribution is -0.119. The Bertz CT molecular complexity index is 1160. The fourth-order valence-corrected chi connectivity index (χ4v) is 4.74. The van der Waals surface area contributed by atoms with E-state index in [0.717, 1.165) is 12.1 Å². The standard InChI is InChI=1S/C21H22N2O9S/c24-17-3-2-15(33(27,28)23-5-7-29-8-6-23)12-16(17)21(26)32-13-20(25)22-14-1-4-18-19(11-14)31-10-9-30-18/h1-4,11-12,24H,5-10,13H2,(H,22,25). The number of nitrogens with one attached hydrogen (secondary N) is 1. The molecule has 2 aliphatic rings. The van der Waals surface area contributed by atoms with Crippen LogP contribution in [0.5, 0.6) is 17.2 Å². The lowest BCUT2D eigenvalue weighted by atomic mass is 10.2. The third-order valence-electron chi connectivity index (χ3n) is 4.96. The zero-order chi connectivity index (χ0) is 23.4. The summed E-state index contributed by atoms with van der Waals surface area (Å²) in [5, 5.41) is 12.6. The van der Waals surface area contributed by atoms with Gasteiger partial charge in [-0.1, -0.05) is 0 Å². The molecule has 2 aliphatic heterocycles. The number of amides is 1. The molecule has 11 nitrogen and oxygen atoms in total. The van der Waals surface area contributed by atoms with Crippen LogP contribution in [0.2, 0.25) is 0 Å². The number of rotatable bonds is 6. The van der Waals surface area contributed by atoms with E-state index >= 15 is 0 Å². The molecule has 0 spiro atoms. The number of fused-ring (bicyclic) bond motifs is 1. The predicted octanol–water partition coefficient (Wildman–Crippen LogP) is 0.980. The first kappa shape index (κ1) is 22.8. The summed E-state index contributed by atoms with van der Waals surface area (Å²) < 4.78 is 47.8. The van der Waals surface area contributed by atoms with Crippen LogP contribution in [-0.2, 0) is 24.3 Å². The van der Waals surface area contributed by atoms with Crippen LogP contribution in [0.3, 0.4) is 0 Å². The number of morpholine rings is 1. The van der Waals surface area contributed by atoms with Crippen molar-refractivity contribution in [2.45, 2.75) is 4.90 Å². The minimum Gasteiger partial charge on any atom is -0.507 e. The molecule has 176 valence electrons. The average molecular weight is 478 g/mol. The van der Waals surface area contributed by atoms with E-state index in [4.69, 9.17) is 18.9 Å². The second-order valence-corrected chi connectivity index (χ2v) is 9.12. The van der Waals surface area contributed by atoms with Gasteiger partial charge in [0.15, 0.2) is 18.1 Å². The first-order valence-corrected chi connectivity index (χ1v) is 11.6. The Kier molecular flexibility index (Phi) is 6.67. The number of phenols is 1. The summed E-state index contributed by atoms with van der Waals surface area (Å²) in [7, 11) is -3.88. The van der Waals surface area contributed by atoms with Crippen molar-refractivity contribution < 1.29 is 42.1 Å². The third-order valence-corrected chi connectivity index (χ3v) is 6.85. The number of carbonyl (C=O) groups is 2. The zero-order valence-electron chi connectivity index (χ0n) is 17.5. The van der Waals surface area contributed by atoms with Gasteiger partial charge in [0.05, 0.1) is 18.1 Å². The van der Waals surface area contributed by atoms with Crippen molar-refractivity contribution in [3.63, 3.8) is 0 Å². The van der Waals surface area contributed by atoms with E-state index < -0.39 is 34.3 Å². The lowest BCUT2D eigenvalue weighted by Crippen LogP contribution is -2.40. The van der Waals surface area contributed by atoms with E-state index in [0.29, 0.717) is 30.4 Å². The summed E-state index contributed by atoms with van der Waals surface area (Å²) in [5.74, 6) is -1.08. The van der Waals surface area contributed by atoms with Crippen LogP contribution < -0.4 is 14.8 Å². The van der Waals surface area contributed by atoms with Crippen LogP contribution in [0.25, 0.3) is 0 Å². The van der Waals surface area contributed by atoms with E-state index in [1.165, 1.54) is 10.4 Å². The van der Waals surface area contributed by atoms with Gasteiger partial charge < -0.3 is 29.4 Å². The summed E-state index contributed by atoms with van der Waals surface area (Å²) in [6.07, 6.45) is 0. The molecule has 1 fully saturated rings. The second-order valence-electron chi connectivity index (χ2n) is 7.18. The molecular weight excluding hydrogens is 456 g/mol. The minimum absolute atomic E-state index is 0.171. The number of carbonyl (C=O) groups excluding carboxylic acids is 2. The minimum atomic E-state index is -3.88. The van der Waals surface area contributed by atoms with Gasteiger partial charge in [-0.3, -0.25) is 4.79 Å². The molecule has 33 heavy (non-hydrogen) atoms. The number of benzene rings is 2. The second kappa shape index (κ2) is 9.65. The molecule has 2 N–H and O–H groups in total. The molecule has 0 unspecified atom stereocenters. The first-order valence-electron chi connectivity index (χ1n) is 10.1. The Morgan fingerprint density at radius 2 is 1.73 bits per heavy atom. The zero-order valence-corrected chi connectivity index (χ0v) is 18.3. The molecular formula is C21H22N2O9S. The van der Waals surface area contributed by atoms with Crippen molar-refractivity contribution in [1.29, 1.82) is 0 Å². The van der Waals surface area contributed by atoms with E-state index in [-0.39, 0.29) is 36.8 Å². The van der Waals surface area contributed by atoms with E-state index in [2.05, 4.69) is 5.32 Å². The summed E-state index contributed by atoms with van der Waals surface area (Å²) in [6.45, 7) is 1.09. The summed E-state index contributed by atoms with van der Waals surface area (Å²) in [4.78, 5) is 24.5. The highest BCUT2D eigenvalue weighted by Crippen LogP contribution is 2.32. The molecule has 4 rings (SSSR count). The molecule has 2 aromatic rings. The Morgan fingerprint density at radius 3 is 2.48 bits per heavy atom. The number of nitrogens with zero attached hydrogens (tertiary/aromatic N) is 1. The van der Waals surface area contributed by atoms with Gasteiger partial charge in [0.1, 0.15) is 24.5 Å². The number of esters is 1. The molecule has 0 saturated carbocycles. The highest BCUT2D eigenvalue weighted by atomic mass is 32.2. The van der Waals surface area contributed by atoms with Gasteiger partial charge >= 0.3 is 5.97 Å². The molecule has 0 aromatic heterocycles. The van der Waals surface area contributed by atoms with E-state index in [1.807, 2.05) is 0 Å². The topological polar surface area (TPSA) is 141 Å². The van der Waals surface area contributed by atoms with Gasteiger partial charge in [0, 0.05) is 24.8 Å². The van der Waals surface area contributed by atoms with Gasteiger partial charge in [-0.2, -0.15) is 4.31 Å². The van der Waals surface area contributed by atoms with Crippen LogP contribution in [0.4, 0.5) is 5.69 Å². The maximum absolute atomic E-state index is 12.8. The molecule has 2 aromatic carbocycles. The van der Waals surface area contributed by atoms with Gasteiger partial charge in [-0.05, 0) is 30.3 Å². The van der Waals surface area contributed by atoms with Crippen molar-refractivity contribution in [3.8, 4) is 17.2 Å². The highest BCUT2D eigenvalue weighted by molar-refractivity contribution is 7.89. The monoisotopic (exact) mass is 478 g/mol. The van der Waals surface area contributed by atoms with Gasteiger partial charge in [0.2, 0.25) is 10.0 Å². The van der Waals surface area contributed by atoms with Crippen molar-refractivity contribution in [2.75, 3.05) is 51.4 Å². The number of aromatic hydroxyl groups is 1. The average Bonchev–Trinajstić information content (AvgIpc) is 2.83. The lowest BCUT2D eigenvalue weighted by Gasteiger charge is -2.26. The van der Waals surface area contributed by atoms with Crippen LogP contribution in [-0.4, -0.2) is 75.8 Å². The number of anilines is 1. The number of sulfonamides is 1. The van der Waals surface area contributed by atoms with E-state index in [1.54, 1.807) is 18.2 Å². The fourth-order valence-electron chi connectivity index (χ4n) is 3.30. The van der Waals surface area contributed by atoms with Gasteiger partial charge in [-0.25, -0.2) is 13.2 Å². The Labute approximate surface area is 189 Å². The number of ether oxygens (including phenoxy) is 4. The molecule has 12 heteroatoms. The van der Waals surface area contributed by atoms with Crippen LogP contribution in [0.1, 0.15) is 10.4 Å². The van der Waals surface area contributed by atoms with Gasteiger partial charge in [-0.15, -0.1) is 0 Å². The molecule has 0 radical (unpaired) electrons. The van der Waals surface area contributed by atoms with Crippen LogP contribution in [0.15, 0.2) is 41.3 Å². The Balaban J connectivity index is 1.40. The molecule has 1 saturated heterocycles. The first-order chi connectivity index (χ1) is 15.8. The summed E-state index contributed by atoms with van der Waals surface area (Å²) in [5.41, 5.74) is 0.0539. The van der Waals surface area contributed by atoms with Crippen molar-refractivity contribution >= 4 is 27.6 Å². The predicted molar refractivity (Wildman–Crippen MR) is 114 cm³/mol. The quantitative estimate of drug-likeness (QED) is 0.581. The highest BCUT2D eigenvalue weighted by Gasteiger charge is 2.28. The summed E-state index contributed by atoms with van der Waals surface area (Å²) >= 11 is 0. The van der Waals surface area contributed by atoms with Crippen LogP contribution in [0, 0.1) is 0 Å². The number of phenolic OH excluding ortho intramolecular Hbond substituents is 1. The summed E-state index contributed by atoms with van der Waals surface area (Å²) in [6, 6.07) is 8.17.